The quantitative estimate of drug-likeness (QED) is 0.397. The van der Waals surface area contributed by atoms with Gasteiger partial charge in [-0.3, -0.25) is 4.90 Å². The summed E-state index contributed by atoms with van der Waals surface area (Å²) in [4.78, 5) is 7.33. The smallest absolute Gasteiger partial charge is 0.220 e. The Balaban J connectivity index is 1.26. The van der Waals surface area contributed by atoms with E-state index in [0.717, 1.165) is 78.7 Å². The maximum absolute atomic E-state index is 6.05. The molecule has 164 valence electrons. The normalized spacial score (nSPS) is 14.0. The van der Waals surface area contributed by atoms with Crippen molar-refractivity contribution >= 4 is 11.0 Å². The van der Waals surface area contributed by atoms with Crippen molar-refractivity contribution in [3.05, 3.63) is 78.0 Å². The lowest BCUT2D eigenvalue weighted by molar-refractivity contribution is 0.214. The highest BCUT2D eigenvalue weighted by Crippen LogP contribution is 2.29. The summed E-state index contributed by atoms with van der Waals surface area (Å²) >= 11 is 0. The molecule has 3 heterocycles. The Hall–Kier alpha value is -3.38. The van der Waals surface area contributed by atoms with Crippen LogP contribution in [0, 0.1) is 6.92 Å². The zero-order chi connectivity index (χ0) is 21.8. The second-order valence-electron chi connectivity index (χ2n) is 8.15. The standard InChI is InChI=1S/C26H28N4O2/c1-20-24-18-21-19-29(14-8-9-16-31-23-12-6-3-7-13-23)15-17-32-26(21)27-25(24)30(28-20)22-10-4-2-5-11-22/h2-7,10-13,18H,8-9,14-17,19H2,1H3. The second kappa shape index (κ2) is 9.40. The van der Waals surface area contributed by atoms with Crippen LogP contribution in [-0.4, -0.2) is 46.0 Å². The molecule has 1 aliphatic rings. The zero-order valence-electron chi connectivity index (χ0n) is 18.4. The maximum Gasteiger partial charge on any atom is 0.220 e. The molecule has 0 aliphatic carbocycles. The molecule has 0 N–H and O–H groups in total. The number of fused-ring (bicyclic) bond motifs is 2. The molecule has 2 aromatic heterocycles. The molecule has 0 radical (unpaired) electrons. The van der Waals surface area contributed by atoms with E-state index in [-0.39, 0.29) is 0 Å². The molecule has 6 heteroatoms. The lowest BCUT2D eigenvalue weighted by Crippen LogP contribution is -2.27. The average molecular weight is 429 g/mol. The van der Waals surface area contributed by atoms with Crippen LogP contribution in [0.4, 0.5) is 0 Å². The number of unbranched alkanes of at least 4 members (excludes halogenated alkanes) is 1. The van der Waals surface area contributed by atoms with Crippen molar-refractivity contribution in [3.8, 4) is 17.3 Å². The van der Waals surface area contributed by atoms with Gasteiger partial charge in [-0.05, 0) is 56.6 Å². The summed E-state index contributed by atoms with van der Waals surface area (Å²) in [6.45, 7) is 6.18. The molecule has 0 spiro atoms. The van der Waals surface area contributed by atoms with Crippen molar-refractivity contribution in [2.75, 3.05) is 26.3 Å². The lowest BCUT2D eigenvalue weighted by Gasteiger charge is -2.19. The van der Waals surface area contributed by atoms with Gasteiger partial charge in [0.25, 0.3) is 0 Å². The molecule has 0 amide bonds. The van der Waals surface area contributed by atoms with Crippen molar-refractivity contribution in [1.82, 2.24) is 19.7 Å². The van der Waals surface area contributed by atoms with E-state index in [0.29, 0.717) is 6.61 Å². The molecule has 0 unspecified atom stereocenters. The third-order valence-corrected chi connectivity index (χ3v) is 5.80. The van der Waals surface area contributed by atoms with Crippen LogP contribution in [-0.2, 0) is 6.54 Å². The Morgan fingerprint density at radius 3 is 2.59 bits per heavy atom. The van der Waals surface area contributed by atoms with Crippen molar-refractivity contribution < 1.29 is 9.47 Å². The zero-order valence-corrected chi connectivity index (χ0v) is 18.4. The Morgan fingerprint density at radius 2 is 1.78 bits per heavy atom. The molecule has 2 aromatic carbocycles. The largest absolute Gasteiger partial charge is 0.494 e. The summed E-state index contributed by atoms with van der Waals surface area (Å²) in [5.74, 6) is 1.66. The minimum absolute atomic E-state index is 0.643. The molecule has 5 rings (SSSR count). The topological polar surface area (TPSA) is 52.4 Å². The lowest BCUT2D eigenvalue weighted by atomic mass is 10.2. The Labute approximate surface area is 188 Å². The van der Waals surface area contributed by atoms with E-state index in [4.69, 9.17) is 19.6 Å². The summed E-state index contributed by atoms with van der Waals surface area (Å²) in [6, 6.07) is 22.3. The molecule has 0 fully saturated rings. The fourth-order valence-corrected chi connectivity index (χ4v) is 4.12. The number of ether oxygens (including phenoxy) is 2. The van der Waals surface area contributed by atoms with Crippen LogP contribution in [0.15, 0.2) is 66.7 Å². The monoisotopic (exact) mass is 428 g/mol. The number of hydrogen-bond acceptors (Lipinski definition) is 5. The van der Waals surface area contributed by atoms with Gasteiger partial charge in [-0.25, -0.2) is 4.68 Å². The third kappa shape index (κ3) is 4.46. The van der Waals surface area contributed by atoms with Crippen molar-refractivity contribution in [3.63, 3.8) is 0 Å². The van der Waals surface area contributed by atoms with Crippen LogP contribution < -0.4 is 9.47 Å². The number of nitrogens with zero attached hydrogens (tertiary/aromatic N) is 4. The SMILES string of the molecule is Cc1nn(-c2ccccc2)c2nc3c(cc12)CN(CCCCOc1ccccc1)CCO3. The predicted molar refractivity (Wildman–Crippen MR) is 126 cm³/mol. The number of benzene rings is 2. The number of para-hydroxylation sites is 2. The molecule has 1 aliphatic heterocycles. The molecule has 0 saturated carbocycles. The molecular weight excluding hydrogens is 400 g/mol. The minimum atomic E-state index is 0.643. The first kappa shape index (κ1) is 20.5. The van der Waals surface area contributed by atoms with Gasteiger partial charge in [-0.1, -0.05) is 36.4 Å². The number of rotatable bonds is 7. The first-order valence-corrected chi connectivity index (χ1v) is 11.3. The minimum Gasteiger partial charge on any atom is -0.494 e. The van der Waals surface area contributed by atoms with Crippen LogP contribution in [0.5, 0.6) is 11.6 Å². The van der Waals surface area contributed by atoms with Gasteiger partial charge in [0.1, 0.15) is 12.4 Å². The molecule has 6 nitrogen and oxygen atoms in total. The van der Waals surface area contributed by atoms with E-state index in [1.807, 2.05) is 72.3 Å². The van der Waals surface area contributed by atoms with Gasteiger partial charge in [-0.15, -0.1) is 0 Å². The van der Waals surface area contributed by atoms with Gasteiger partial charge in [-0.2, -0.15) is 10.1 Å². The van der Waals surface area contributed by atoms with Crippen LogP contribution >= 0.6 is 0 Å². The third-order valence-electron chi connectivity index (χ3n) is 5.80. The van der Waals surface area contributed by atoms with E-state index >= 15 is 0 Å². The molecule has 0 atom stereocenters. The van der Waals surface area contributed by atoms with Gasteiger partial charge < -0.3 is 9.47 Å². The summed E-state index contributed by atoms with van der Waals surface area (Å²) in [7, 11) is 0. The first-order valence-electron chi connectivity index (χ1n) is 11.3. The highest BCUT2D eigenvalue weighted by molar-refractivity contribution is 5.81. The van der Waals surface area contributed by atoms with Crippen molar-refractivity contribution in [2.24, 2.45) is 0 Å². The van der Waals surface area contributed by atoms with E-state index < -0.39 is 0 Å². The summed E-state index contributed by atoms with van der Waals surface area (Å²) < 4.78 is 13.8. The van der Waals surface area contributed by atoms with Gasteiger partial charge in [0.05, 0.1) is 18.0 Å². The fourth-order valence-electron chi connectivity index (χ4n) is 4.12. The van der Waals surface area contributed by atoms with Crippen molar-refractivity contribution in [1.29, 1.82) is 0 Å². The van der Waals surface area contributed by atoms with Crippen LogP contribution in [0.2, 0.25) is 0 Å². The molecule has 0 bridgehead atoms. The summed E-state index contributed by atoms with van der Waals surface area (Å²) in [5.41, 5.74) is 3.96. The van der Waals surface area contributed by atoms with Gasteiger partial charge in [0.15, 0.2) is 5.65 Å². The number of aromatic nitrogens is 3. The van der Waals surface area contributed by atoms with Crippen LogP contribution in [0.25, 0.3) is 16.7 Å². The van der Waals surface area contributed by atoms with E-state index in [1.165, 1.54) is 0 Å². The summed E-state index contributed by atoms with van der Waals surface area (Å²) in [5, 5.41) is 5.82. The van der Waals surface area contributed by atoms with Crippen LogP contribution in [0.3, 0.4) is 0 Å². The van der Waals surface area contributed by atoms with Gasteiger partial charge >= 0.3 is 0 Å². The summed E-state index contributed by atoms with van der Waals surface area (Å²) in [6.07, 6.45) is 2.11. The van der Waals surface area contributed by atoms with E-state index in [2.05, 4.69) is 11.0 Å². The number of pyridine rings is 1. The van der Waals surface area contributed by atoms with E-state index in [9.17, 15) is 0 Å². The Bertz CT molecular complexity index is 1170. The number of hydrogen-bond donors (Lipinski definition) is 0. The predicted octanol–water partition coefficient (Wildman–Crippen LogP) is 4.78. The molecule has 0 saturated heterocycles. The van der Waals surface area contributed by atoms with Crippen molar-refractivity contribution in [2.45, 2.75) is 26.3 Å². The Kier molecular flexibility index (Phi) is 6.03. The molecular formula is C26H28N4O2. The van der Waals surface area contributed by atoms with E-state index in [1.54, 1.807) is 0 Å². The highest BCUT2D eigenvalue weighted by Gasteiger charge is 2.20. The first-order chi connectivity index (χ1) is 15.8. The average Bonchev–Trinajstić information content (AvgIpc) is 3.01. The fraction of sp³-hybridized carbons (Fsp3) is 0.308. The molecule has 32 heavy (non-hydrogen) atoms. The van der Waals surface area contributed by atoms with Gasteiger partial charge in [0.2, 0.25) is 5.88 Å². The second-order valence-corrected chi connectivity index (χ2v) is 8.15. The Morgan fingerprint density at radius 1 is 1.00 bits per heavy atom. The number of aryl methyl sites for hydroxylation is 1. The molecule has 4 aromatic rings. The van der Waals surface area contributed by atoms with Gasteiger partial charge in [0, 0.05) is 24.0 Å². The highest BCUT2D eigenvalue weighted by atomic mass is 16.5. The van der Waals surface area contributed by atoms with Crippen LogP contribution in [0.1, 0.15) is 24.1 Å². The maximum atomic E-state index is 6.05.